The zero-order valence-corrected chi connectivity index (χ0v) is 15.4. The number of hydrogen-bond donors (Lipinski definition) is 2. The average molecular weight is 410 g/mol. The third-order valence-corrected chi connectivity index (χ3v) is 4.14. The van der Waals surface area contributed by atoms with Gasteiger partial charge in [0.15, 0.2) is 0 Å². The van der Waals surface area contributed by atoms with Gasteiger partial charge in [0, 0.05) is 34.7 Å². The van der Waals surface area contributed by atoms with Gasteiger partial charge in [-0.3, -0.25) is 14.6 Å². The molecule has 130 valence electrons. The molecule has 2 amide bonds. The van der Waals surface area contributed by atoms with Crippen LogP contribution in [0.25, 0.3) is 0 Å². The van der Waals surface area contributed by atoms with E-state index in [4.69, 9.17) is 0 Å². The van der Waals surface area contributed by atoms with Crippen molar-refractivity contribution in [2.75, 3.05) is 5.32 Å². The molecule has 0 aliphatic rings. The highest BCUT2D eigenvalue weighted by molar-refractivity contribution is 9.10. The molecule has 0 unspecified atom stereocenters. The monoisotopic (exact) mass is 409 g/mol. The topological polar surface area (TPSA) is 71.1 Å². The van der Waals surface area contributed by atoms with Crippen molar-refractivity contribution < 1.29 is 9.59 Å². The number of amides is 2. The molecule has 0 atom stereocenters. The molecule has 2 N–H and O–H groups in total. The standard InChI is InChI=1S/C20H16BrN3O2/c21-17-7-1-4-14(10-17)12-23-19(25)15-5-2-8-18(11-15)24-20(26)16-6-3-9-22-13-16/h1-11,13H,12H2,(H,23,25)(H,24,26). The first-order chi connectivity index (χ1) is 12.6. The second-order valence-corrected chi connectivity index (χ2v) is 6.50. The Kier molecular flexibility index (Phi) is 5.76. The third-order valence-electron chi connectivity index (χ3n) is 3.65. The summed E-state index contributed by atoms with van der Waals surface area (Å²) < 4.78 is 0.962. The molecule has 1 heterocycles. The van der Waals surface area contributed by atoms with E-state index < -0.39 is 0 Å². The lowest BCUT2D eigenvalue weighted by atomic mass is 10.1. The van der Waals surface area contributed by atoms with E-state index in [-0.39, 0.29) is 11.8 Å². The minimum absolute atomic E-state index is 0.206. The normalized spacial score (nSPS) is 10.2. The van der Waals surface area contributed by atoms with Gasteiger partial charge in [0.05, 0.1) is 5.56 Å². The SMILES string of the molecule is O=C(NCc1cccc(Br)c1)c1cccc(NC(=O)c2cccnc2)c1. The molecule has 26 heavy (non-hydrogen) atoms. The van der Waals surface area contributed by atoms with Crippen LogP contribution in [-0.2, 0) is 6.54 Å². The third kappa shape index (κ3) is 4.77. The fourth-order valence-corrected chi connectivity index (χ4v) is 2.82. The first-order valence-corrected chi connectivity index (χ1v) is 8.75. The Labute approximate surface area is 159 Å². The van der Waals surface area contributed by atoms with E-state index in [0.29, 0.717) is 23.4 Å². The Balaban J connectivity index is 1.64. The predicted octanol–water partition coefficient (Wildman–Crippen LogP) is 4.03. The highest BCUT2D eigenvalue weighted by Gasteiger charge is 2.09. The maximum Gasteiger partial charge on any atom is 0.257 e. The number of nitrogens with zero attached hydrogens (tertiary/aromatic N) is 1. The van der Waals surface area contributed by atoms with Crippen molar-refractivity contribution >= 4 is 33.4 Å². The first-order valence-electron chi connectivity index (χ1n) is 7.96. The fourth-order valence-electron chi connectivity index (χ4n) is 2.37. The fraction of sp³-hybridized carbons (Fsp3) is 0.0500. The predicted molar refractivity (Wildman–Crippen MR) is 104 cm³/mol. The van der Waals surface area contributed by atoms with Crippen LogP contribution in [0.1, 0.15) is 26.3 Å². The Bertz CT molecular complexity index is 929. The lowest BCUT2D eigenvalue weighted by Crippen LogP contribution is -2.23. The molecule has 6 heteroatoms. The molecule has 0 radical (unpaired) electrons. The summed E-state index contributed by atoms with van der Waals surface area (Å²) >= 11 is 3.41. The number of anilines is 1. The number of carbonyl (C=O) groups is 2. The summed E-state index contributed by atoms with van der Waals surface area (Å²) in [6.45, 7) is 0.421. The quantitative estimate of drug-likeness (QED) is 0.668. The molecule has 5 nitrogen and oxygen atoms in total. The molecular weight excluding hydrogens is 394 g/mol. The van der Waals surface area contributed by atoms with Crippen LogP contribution < -0.4 is 10.6 Å². The van der Waals surface area contributed by atoms with Crippen molar-refractivity contribution in [1.82, 2.24) is 10.3 Å². The van der Waals surface area contributed by atoms with Gasteiger partial charge in [-0.25, -0.2) is 0 Å². The number of nitrogens with one attached hydrogen (secondary N) is 2. The highest BCUT2D eigenvalue weighted by Crippen LogP contribution is 2.14. The molecule has 0 spiro atoms. The van der Waals surface area contributed by atoms with Gasteiger partial charge in [0.1, 0.15) is 0 Å². The number of benzene rings is 2. The maximum absolute atomic E-state index is 12.4. The Morgan fingerprint density at radius 3 is 2.50 bits per heavy atom. The minimum atomic E-state index is -0.273. The van der Waals surface area contributed by atoms with Gasteiger partial charge in [-0.1, -0.05) is 34.1 Å². The molecule has 0 aliphatic heterocycles. The van der Waals surface area contributed by atoms with Gasteiger partial charge < -0.3 is 10.6 Å². The Hall–Kier alpha value is -2.99. The summed E-state index contributed by atoms with van der Waals surface area (Å²) in [5, 5.41) is 5.64. The van der Waals surface area contributed by atoms with E-state index in [1.165, 1.54) is 6.20 Å². The van der Waals surface area contributed by atoms with E-state index in [9.17, 15) is 9.59 Å². The van der Waals surface area contributed by atoms with Crippen molar-refractivity contribution in [1.29, 1.82) is 0 Å². The van der Waals surface area contributed by atoms with Gasteiger partial charge in [-0.15, -0.1) is 0 Å². The smallest absolute Gasteiger partial charge is 0.257 e. The second-order valence-electron chi connectivity index (χ2n) is 5.59. The van der Waals surface area contributed by atoms with Gasteiger partial charge in [-0.05, 0) is 48.0 Å². The zero-order chi connectivity index (χ0) is 18.4. The van der Waals surface area contributed by atoms with Crippen LogP contribution in [0.2, 0.25) is 0 Å². The van der Waals surface area contributed by atoms with Crippen LogP contribution in [0.3, 0.4) is 0 Å². The summed E-state index contributed by atoms with van der Waals surface area (Å²) in [6.07, 6.45) is 3.09. The van der Waals surface area contributed by atoms with Crippen molar-refractivity contribution in [2.24, 2.45) is 0 Å². The Morgan fingerprint density at radius 1 is 0.923 bits per heavy atom. The van der Waals surface area contributed by atoms with Crippen molar-refractivity contribution in [3.63, 3.8) is 0 Å². The number of aromatic nitrogens is 1. The van der Waals surface area contributed by atoms with Crippen molar-refractivity contribution in [3.05, 3.63) is 94.2 Å². The van der Waals surface area contributed by atoms with Gasteiger partial charge in [0.2, 0.25) is 0 Å². The lowest BCUT2D eigenvalue weighted by molar-refractivity contribution is 0.0949. The maximum atomic E-state index is 12.4. The Morgan fingerprint density at radius 2 is 1.73 bits per heavy atom. The van der Waals surface area contributed by atoms with Crippen LogP contribution in [0.5, 0.6) is 0 Å². The van der Waals surface area contributed by atoms with E-state index in [1.807, 2.05) is 24.3 Å². The van der Waals surface area contributed by atoms with E-state index >= 15 is 0 Å². The number of halogens is 1. The second kappa shape index (κ2) is 8.40. The molecule has 3 aromatic rings. The summed E-state index contributed by atoms with van der Waals surface area (Å²) in [5.74, 6) is -0.479. The van der Waals surface area contributed by atoms with E-state index in [1.54, 1.807) is 42.6 Å². The number of carbonyl (C=O) groups excluding carboxylic acids is 2. The molecule has 3 rings (SSSR count). The van der Waals surface area contributed by atoms with Crippen LogP contribution in [0, 0.1) is 0 Å². The first kappa shape index (κ1) is 17.8. The van der Waals surface area contributed by atoms with Crippen LogP contribution >= 0.6 is 15.9 Å². The van der Waals surface area contributed by atoms with Gasteiger partial charge in [0.25, 0.3) is 11.8 Å². The van der Waals surface area contributed by atoms with Crippen LogP contribution in [-0.4, -0.2) is 16.8 Å². The highest BCUT2D eigenvalue weighted by atomic mass is 79.9. The van der Waals surface area contributed by atoms with Crippen molar-refractivity contribution in [2.45, 2.75) is 6.54 Å². The molecule has 2 aromatic carbocycles. The van der Waals surface area contributed by atoms with E-state index in [2.05, 4.69) is 31.5 Å². The van der Waals surface area contributed by atoms with Gasteiger partial charge in [-0.2, -0.15) is 0 Å². The largest absolute Gasteiger partial charge is 0.348 e. The van der Waals surface area contributed by atoms with Gasteiger partial charge >= 0.3 is 0 Å². The van der Waals surface area contributed by atoms with Crippen LogP contribution in [0.15, 0.2) is 77.5 Å². The lowest BCUT2D eigenvalue weighted by Gasteiger charge is -2.09. The zero-order valence-electron chi connectivity index (χ0n) is 13.8. The average Bonchev–Trinajstić information content (AvgIpc) is 2.67. The van der Waals surface area contributed by atoms with E-state index in [0.717, 1.165) is 10.0 Å². The number of pyridine rings is 1. The summed E-state index contributed by atoms with van der Waals surface area (Å²) in [7, 11) is 0. The molecule has 0 saturated heterocycles. The summed E-state index contributed by atoms with van der Waals surface area (Å²) in [5.41, 5.74) is 2.48. The number of rotatable bonds is 5. The molecule has 0 saturated carbocycles. The summed E-state index contributed by atoms with van der Waals surface area (Å²) in [4.78, 5) is 28.5. The molecule has 0 aliphatic carbocycles. The minimum Gasteiger partial charge on any atom is -0.348 e. The molecular formula is C20H16BrN3O2. The summed E-state index contributed by atoms with van der Waals surface area (Å²) in [6, 6.07) is 17.9. The van der Waals surface area contributed by atoms with Crippen LogP contribution in [0.4, 0.5) is 5.69 Å². The molecule has 1 aromatic heterocycles. The number of hydrogen-bond acceptors (Lipinski definition) is 3. The molecule has 0 bridgehead atoms. The van der Waals surface area contributed by atoms with Crippen molar-refractivity contribution in [3.8, 4) is 0 Å². The molecule has 0 fully saturated rings.